The van der Waals surface area contributed by atoms with Crippen molar-refractivity contribution in [1.29, 1.82) is 0 Å². The molecule has 0 spiro atoms. The standard InChI is InChI=1S/C19H29NO4/c1-15-5-6-17(11-16(15)2)24-12-18(22)20-9-4-7-19(13-20,14-21)8-10-23-3/h5-6,11,21H,4,7-10,12-14H2,1-3H3/t19-/m1/s1. The fraction of sp³-hybridized carbons (Fsp3) is 0.632. The quantitative estimate of drug-likeness (QED) is 0.831. The van der Waals surface area contributed by atoms with Gasteiger partial charge in [-0.2, -0.15) is 0 Å². The summed E-state index contributed by atoms with van der Waals surface area (Å²) >= 11 is 0. The first kappa shape index (κ1) is 18.7. The van der Waals surface area contributed by atoms with Gasteiger partial charge >= 0.3 is 0 Å². The van der Waals surface area contributed by atoms with Gasteiger partial charge in [0, 0.05) is 32.2 Å². The smallest absolute Gasteiger partial charge is 0.260 e. The average molecular weight is 335 g/mol. The third-order valence-corrected chi connectivity index (χ3v) is 5.03. The number of amides is 1. The van der Waals surface area contributed by atoms with Crippen molar-refractivity contribution in [3.05, 3.63) is 29.3 Å². The van der Waals surface area contributed by atoms with Crippen LogP contribution < -0.4 is 4.74 Å². The Morgan fingerprint density at radius 2 is 2.12 bits per heavy atom. The van der Waals surface area contributed by atoms with Crippen LogP contribution in [0.3, 0.4) is 0 Å². The Bertz CT molecular complexity index is 560. The molecule has 134 valence electrons. The van der Waals surface area contributed by atoms with Gasteiger partial charge in [-0.3, -0.25) is 4.79 Å². The van der Waals surface area contributed by atoms with E-state index in [0.29, 0.717) is 13.2 Å². The number of hydrogen-bond acceptors (Lipinski definition) is 4. The topological polar surface area (TPSA) is 59.0 Å². The van der Waals surface area contributed by atoms with Gasteiger partial charge in [0.1, 0.15) is 5.75 Å². The maximum Gasteiger partial charge on any atom is 0.260 e. The Labute approximate surface area is 144 Å². The highest BCUT2D eigenvalue weighted by Crippen LogP contribution is 2.33. The Kier molecular flexibility index (Phi) is 6.63. The van der Waals surface area contributed by atoms with E-state index < -0.39 is 0 Å². The van der Waals surface area contributed by atoms with E-state index in [0.717, 1.165) is 37.1 Å². The minimum absolute atomic E-state index is 0.0248. The molecule has 1 heterocycles. The molecule has 0 bridgehead atoms. The second-order valence-electron chi connectivity index (χ2n) is 6.85. The molecule has 1 aromatic rings. The van der Waals surface area contributed by atoms with Crippen LogP contribution in [0.4, 0.5) is 0 Å². The minimum atomic E-state index is -0.246. The normalized spacial score (nSPS) is 20.9. The summed E-state index contributed by atoms with van der Waals surface area (Å²) in [5.41, 5.74) is 2.11. The molecule has 24 heavy (non-hydrogen) atoms. The van der Waals surface area contributed by atoms with E-state index in [1.165, 1.54) is 5.56 Å². The van der Waals surface area contributed by atoms with Gasteiger partial charge in [0.25, 0.3) is 5.91 Å². The number of nitrogens with zero attached hydrogens (tertiary/aromatic N) is 1. The second-order valence-corrected chi connectivity index (χ2v) is 6.85. The van der Waals surface area contributed by atoms with E-state index in [2.05, 4.69) is 0 Å². The van der Waals surface area contributed by atoms with E-state index in [4.69, 9.17) is 9.47 Å². The summed E-state index contributed by atoms with van der Waals surface area (Å²) in [6.07, 6.45) is 2.59. The molecule has 1 fully saturated rings. The molecule has 0 radical (unpaired) electrons. The molecule has 0 unspecified atom stereocenters. The van der Waals surface area contributed by atoms with Gasteiger partial charge < -0.3 is 19.5 Å². The molecule has 1 aromatic carbocycles. The summed E-state index contributed by atoms with van der Waals surface area (Å²) in [6.45, 7) is 6.09. The molecule has 0 aliphatic carbocycles. The van der Waals surface area contributed by atoms with Gasteiger partial charge in [-0.25, -0.2) is 0 Å². The fourth-order valence-corrected chi connectivity index (χ4v) is 3.19. The van der Waals surface area contributed by atoms with Crippen molar-refractivity contribution in [2.75, 3.05) is 40.0 Å². The number of carbonyl (C=O) groups is 1. The van der Waals surface area contributed by atoms with Crippen LogP contribution in [0.2, 0.25) is 0 Å². The van der Waals surface area contributed by atoms with Crippen LogP contribution in [0.1, 0.15) is 30.4 Å². The third-order valence-electron chi connectivity index (χ3n) is 5.03. The van der Waals surface area contributed by atoms with Crippen molar-refractivity contribution in [3.63, 3.8) is 0 Å². The van der Waals surface area contributed by atoms with Gasteiger partial charge in [0.05, 0.1) is 6.61 Å². The van der Waals surface area contributed by atoms with Crippen LogP contribution >= 0.6 is 0 Å². The molecule has 2 rings (SSSR count). The molecule has 1 atom stereocenters. The summed E-state index contributed by atoms with van der Waals surface area (Å²) < 4.78 is 10.8. The monoisotopic (exact) mass is 335 g/mol. The lowest BCUT2D eigenvalue weighted by Crippen LogP contribution is -2.49. The number of ether oxygens (including phenoxy) is 2. The predicted molar refractivity (Wildman–Crippen MR) is 93.2 cm³/mol. The SMILES string of the molecule is COCC[C@]1(CO)CCCN(C(=O)COc2ccc(C)c(C)c2)C1. The number of hydrogen-bond donors (Lipinski definition) is 1. The molecule has 5 heteroatoms. The largest absolute Gasteiger partial charge is 0.484 e. The van der Waals surface area contributed by atoms with Crippen molar-refractivity contribution >= 4 is 5.91 Å². The summed E-state index contributed by atoms with van der Waals surface area (Å²) in [6, 6.07) is 5.84. The lowest BCUT2D eigenvalue weighted by molar-refractivity contribution is -0.138. The summed E-state index contributed by atoms with van der Waals surface area (Å²) in [7, 11) is 1.66. The van der Waals surface area contributed by atoms with Gasteiger partial charge in [0.15, 0.2) is 6.61 Å². The zero-order valence-electron chi connectivity index (χ0n) is 15.0. The fourth-order valence-electron chi connectivity index (χ4n) is 3.19. The zero-order valence-corrected chi connectivity index (χ0v) is 15.0. The molecule has 0 aromatic heterocycles. The number of aryl methyl sites for hydroxylation is 2. The number of aliphatic hydroxyl groups is 1. The first-order chi connectivity index (χ1) is 11.5. The lowest BCUT2D eigenvalue weighted by Gasteiger charge is -2.41. The number of likely N-dealkylation sites (tertiary alicyclic amines) is 1. The Morgan fingerprint density at radius 1 is 1.33 bits per heavy atom. The van der Waals surface area contributed by atoms with Crippen molar-refractivity contribution < 1.29 is 19.4 Å². The zero-order chi connectivity index (χ0) is 17.6. The van der Waals surface area contributed by atoms with Crippen LogP contribution in [0, 0.1) is 19.3 Å². The van der Waals surface area contributed by atoms with E-state index in [1.807, 2.05) is 36.9 Å². The van der Waals surface area contributed by atoms with Gasteiger partial charge in [-0.1, -0.05) is 6.07 Å². The molecule has 1 N–H and O–H groups in total. The van der Waals surface area contributed by atoms with Crippen LogP contribution in [-0.4, -0.2) is 55.9 Å². The number of benzene rings is 1. The Balaban J connectivity index is 1.92. The summed E-state index contributed by atoms with van der Waals surface area (Å²) in [5, 5.41) is 9.81. The summed E-state index contributed by atoms with van der Waals surface area (Å²) in [4.78, 5) is 14.3. The van der Waals surface area contributed by atoms with Crippen molar-refractivity contribution in [2.45, 2.75) is 33.1 Å². The minimum Gasteiger partial charge on any atom is -0.484 e. The number of rotatable bonds is 7. The second kappa shape index (κ2) is 8.49. The molecular formula is C19H29NO4. The van der Waals surface area contributed by atoms with E-state index >= 15 is 0 Å². The van der Waals surface area contributed by atoms with E-state index in [1.54, 1.807) is 7.11 Å². The highest BCUT2D eigenvalue weighted by molar-refractivity contribution is 5.78. The molecule has 5 nitrogen and oxygen atoms in total. The van der Waals surface area contributed by atoms with E-state index in [9.17, 15) is 9.90 Å². The molecular weight excluding hydrogens is 306 g/mol. The van der Waals surface area contributed by atoms with Crippen molar-refractivity contribution in [3.8, 4) is 5.75 Å². The maximum atomic E-state index is 12.5. The molecule has 1 aliphatic heterocycles. The molecule has 1 amide bonds. The highest BCUT2D eigenvalue weighted by atomic mass is 16.5. The highest BCUT2D eigenvalue weighted by Gasteiger charge is 2.36. The van der Waals surface area contributed by atoms with Crippen LogP contribution in [0.25, 0.3) is 0 Å². The Hall–Kier alpha value is -1.59. The van der Waals surface area contributed by atoms with Crippen LogP contribution in [0.5, 0.6) is 5.75 Å². The third kappa shape index (κ3) is 4.71. The molecule has 0 saturated carbocycles. The number of piperidine rings is 1. The van der Waals surface area contributed by atoms with Gasteiger partial charge in [-0.15, -0.1) is 0 Å². The van der Waals surface area contributed by atoms with Crippen molar-refractivity contribution in [2.24, 2.45) is 5.41 Å². The first-order valence-electron chi connectivity index (χ1n) is 8.57. The molecule has 1 saturated heterocycles. The average Bonchev–Trinajstić information content (AvgIpc) is 2.61. The Morgan fingerprint density at radius 3 is 2.79 bits per heavy atom. The van der Waals surface area contributed by atoms with Crippen molar-refractivity contribution in [1.82, 2.24) is 4.90 Å². The molecule has 1 aliphatic rings. The first-order valence-corrected chi connectivity index (χ1v) is 8.57. The van der Waals surface area contributed by atoms with Crippen LogP contribution in [-0.2, 0) is 9.53 Å². The number of carbonyl (C=O) groups excluding carboxylic acids is 1. The predicted octanol–water partition coefficient (Wildman–Crippen LogP) is 2.32. The number of methoxy groups -OCH3 is 1. The number of aliphatic hydroxyl groups excluding tert-OH is 1. The van der Waals surface area contributed by atoms with Crippen LogP contribution in [0.15, 0.2) is 18.2 Å². The maximum absolute atomic E-state index is 12.5. The summed E-state index contributed by atoms with van der Waals surface area (Å²) in [5.74, 6) is 0.694. The lowest BCUT2D eigenvalue weighted by atomic mass is 9.78. The van der Waals surface area contributed by atoms with Gasteiger partial charge in [0.2, 0.25) is 0 Å². The van der Waals surface area contributed by atoms with Gasteiger partial charge in [-0.05, 0) is 56.4 Å². The van der Waals surface area contributed by atoms with E-state index in [-0.39, 0.29) is 24.5 Å².